The lowest BCUT2D eigenvalue weighted by Gasteiger charge is -2.09. The molecule has 5 heteroatoms. The van der Waals surface area contributed by atoms with Crippen molar-refractivity contribution in [3.05, 3.63) is 28.0 Å². The minimum atomic E-state index is -0.444. The van der Waals surface area contributed by atoms with E-state index < -0.39 is 5.82 Å². The number of carbonyl (C=O) groups is 1. The lowest BCUT2D eigenvalue weighted by Crippen LogP contribution is -2.10. The molecule has 16 heavy (non-hydrogen) atoms. The minimum Gasteiger partial charge on any atom is -0.487 e. The Bertz CT molecular complexity index is 393. The van der Waals surface area contributed by atoms with Crippen LogP contribution >= 0.6 is 15.9 Å². The van der Waals surface area contributed by atoms with Crippen molar-refractivity contribution in [2.75, 3.05) is 13.2 Å². The number of ether oxygens (including phenoxy) is 2. The van der Waals surface area contributed by atoms with Gasteiger partial charge in [0.15, 0.2) is 11.6 Å². The molecular formula is C11H12BrFO3. The van der Waals surface area contributed by atoms with Crippen LogP contribution in [0.3, 0.4) is 0 Å². The summed E-state index contributed by atoms with van der Waals surface area (Å²) in [7, 11) is 0. The van der Waals surface area contributed by atoms with Gasteiger partial charge in [0.1, 0.15) is 13.2 Å². The number of hydrogen-bond donors (Lipinski definition) is 0. The highest BCUT2D eigenvalue weighted by Gasteiger charge is 2.06. The molecule has 0 amide bonds. The fourth-order valence-corrected chi connectivity index (χ4v) is 1.39. The Hall–Kier alpha value is -1.10. The molecule has 0 fully saturated rings. The summed E-state index contributed by atoms with van der Waals surface area (Å²) in [5, 5.41) is 0. The van der Waals surface area contributed by atoms with Crippen molar-refractivity contribution in [2.45, 2.75) is 13.8 Å². The lowest BCUT2D eigenvalue weighted by atomic mass is 10.2. The zero-order chi connectivity index (χ0) is 12.1. The standard InChI is InChI=1S/C11H12BrFO3/c1-7-5-11(10(13)6-9(7)12)16-4-3-15-8(2)14/h5-6H,3-4H2,1-2H3. The van der Waals surface area contributed by atoms with E-state index in [2.05, 4.69) is 20.7 Å². The summed E-state index contributed by atoms with van der Waals surface area (Å²) in [4.78, 5) is 10.5. The highest BCUT2D eigenvalue weighted by atomic mass is 79.9. The van der Waals surface area contributed by atoms with E-state index in [0.29, 0.717) is 4.47 Å². The van der Waals surface area contributed by atoms with E-state index in [-0.39, 0.29) is 24.9 Å². The van der Waals surface area contributed by atoms with Crippen LogP contribution in [-0.4, -0.2) is 19.2 Å². The normalized spacial score (nSPS) is 10.0. The molecule has 0 heterocycles. The second kappa shape index (κ2) is 5.84. The third kappa shape index (κ3) is 3.81. The predicted octanol–water partition coefficient (Wildman–Crippen LogP) is 2.84. The molecule has 0 bridgehead atoms. The van der Waals surface area contributed by atoms with Crippen LogP contribution < -0.4 is 4.74 Å². The van der Waals surface area contributed by atoms with Crippen LogP contribution in [0.2, 0.25) is 0 Å². The Balaban J connectivity index is 2.54. The second-order valence-electron chi connectivity index (χ2n) is 3.22. The first-order valence-corrected chi connectivity index (χ1v) is 5.52. The third-order valence-corrected chi connectivity index (χ3v) is 2.71. The van der Waals surface area contributed by atoms with Crippen LogP contribution in [0.5, 0.6) is 5.75 Å². The van der Waals surface area contributed by atoms with E-state index in [1.165, 1.54) is 13.0 Å². The molecular weight excluding hydrogens is 279 g/mol. The molecule has 0 spiro atoms. The van der Waals surface area contributed by atoms with Gasteiger partial charge in [0.05, 0.1) is 0 Å². The fourth-order valence-electron chi connectivity index (χ4n) is 1.08. The highest BCUT2D eigenvalue weighted by Crippen LogP contribution is 2.25. The molecule has 0 aliphatic heterocycles. The first-order chi connectivity index (χ1) is 7.50. The van der Waals surface area contributed by atoms with Gasteiger partial charge in [0.25, 0.3) is 0 Å². The molecule has 1 aromatic carbocycles. The summed E-state index contributed by atoms with van der Waals surface area (Å²) in [5.41, 5.74) is 0.879. The molecule has 0 saturated carbocycles. The zero-order valence-corrected chi connectivity index (χ0v) is 10.6. The van der Waals surface area contributed by atoms with Gasteiger partial charge in [-0.2, -0.15) is 0 Å². The molecule has 3 nitrogen and oxygen atoms in total. The molecule has 0 atom stereocenters. The average molecular weight is 291 g/mol. The summed E-state index contributed by atoms with van der Waals surface area (Å²) >= 11 is 3.22. The van der Waals surface area contributed by atoms with E-state index >= 15 is 0 Å². The third-order valence-electron chi connectivity index (χ3n) is 1.86. The summed E-state index contributed by atoms with van der Waals surface area (Å²) in [6, 6.07) is 2.93. The smallest absolute Gasteiger partial charge is 0.302 e. The van der Waals surface area contributed by atoms with Crippen molar-refractivity contribution in [1.29, 1.82) is 0 Å². The summed E-state index contributed by atoms with van der Waals surface area (Å²) < 4.78 is 23.9. The van der Waals surface area contributed by atoms with Gasteiger partial charge in [-0.1, -0.05) is 15.9 Å². The fraction of sp³-hybridized carbons (Fsp3) is 0.364. The Labute approximate surface area is 102 Å². The van der Waals surface area contributed by atoms with Gasteiger partial charge in [-0.25, -0.2) is 4.39 Å². The van der Waals surface area contributed by atoms with Crippen molar-refractivity contribution in [1.82, 2.24) is 0 Å². The van der Waals surface area contributed by atoms with E-state index in [0.717, 1.165) is 5.56 Å². The molecule has 0 N–H and O–H groups in total. The maximum absolute atomic E-state index is 13.4. The lowest BCUT2D eigenvalue weighted by molar-refractivity contribution is -0.141. The second-order valence-corrected chi connectivity index (χ2v) is 4.07. The first kappa shape index (κ1) is 13.0. The van der Waals surface area contributed by atoms with Crippen LogP contribution in [0.1, 0.15) is 12.5 Å². The molecule has 0 aromatic heterocycles. The van der Waals surface area contributed by atoms with Gasteiger partial charge in [-0.05, 0) is 24.6 Å². The maximum atomic E-state index is 13.4. The quantitative estimate of drug-likeness (QED) is 0.632. The van der Waals surface area contributed by atoms with Crippen molar-refractivity contribution < 1.29 is 18.7 Å². The molecule has 0 saturated heterocycles. The number of esters is 1. The van der Waals surface area contributed by atoms with Crippen LogP contribution in [-0.2, 0) is 9.53 Å². The Kier molecular flexibility index (Phi) is 4.73. The Morgan fingerprint density at radius 1 is 1.44 bits per heavy atom. The monoisotopic (exact) mass is 290 g/mol. The van der Waals surface area contributed by atoms with E-state index in [1.54, 1.807) is 6.07 Å². The molecule has 0 radical (unpaired) electrons. The predicted molar refractivity (Wildman–Crippen MR) is 61.0 cm³/mol. The van der Waals surface area contributed by atoms with Gasteiger partial charge in [-0.15, -0.1) is 0 Å². The number of rotatable bonds is 4. The average Bonchev–Trinajstić information content (AvgIpc) is 2.19. The molecule has 0 aliphatic rings. The Morgan fingerprint density at radius 2 is 2.12 bits per heavy atom. The summed E-state index contributed by atoms with van der Waals surface area (Å²) in [6.07, 6.45) is 0. The number of carbonyl (C=O) groups excluding carboxylic acids is 1. The number of halogens is 2. The molecule has 88 valence electrons. The van der Waals surface area contributed by atoms with Gasteiger partial charge < -0.3 is 9.47 Å². The van der Waals surface area contributed by atoms with E-state index in [1.807, 2.05) is 6.92 Å². The maximum Gasteiger partial charge on any atom is 0.302 e. The van der Waals surface area contributed by atoms with Crippen LogP contribution in [0, 0.1) is 12.7 Å². The number of hydrogen-bond acceptors (Lipinski definition) is 3. The van der Waals surface area contributed by atoms with Crippen LogP contribution in [0.4, 0.5) is 4.39 Å². The molecule has 1 rings (SSSR count). The van der Waals surface area contributed by atoms with Crippen LogP contribution in [0.25, 0.3) is 0 Å². The van der Waals surface area contributed by atoms with Crippen molar-refractivity contribution in [2.24, 2.45) is 0 Å². The highest BCUT2D eigenvalue weighted by molar-refractivity contribution is 9.10. The van der Waals surface area contributed by atoms with Crippen LogP contribution in [0.15, 0.2) is 16.6 Å². The van der Waals surface area contributed by atoms with Gasteiger partial charge in [0, 0.05) is 11.4 Å². The van der Waals surface area contributed by atoms with Crippen molar-refractivity contribution in [3.63, 3.8) is 0 Å². The first-order valence-electron chi connectivity index (χ1n) is 4.72. The van der Waals surface area contributed by atoms with E-state index in [4.69, 9.17) is 4.74 Å². The van der Waals surface area contributed by atoms with Gasteiger partial charge in [-0.3, -0.25) is 4.79 Å². The number of aryl methyl sites for hydroxylation is 1. The molecule has 0 unspecified atom stereocenters. The molecule has 0 aliphatic carbocycles. The topological polar surface area (TPSA) is 35.5 Å². The largest absolute Gasteiger partial charge is 0.487 e. The SMILES string of the molecule is CC(=O)OCCOc1cc(C)c(Br)cc1F. The summed E-state index contributed by atoms with van der Waals surface area (Å²) in [6.45, 7) is 3.40. The van der Waals surface area contributed by atoms with E-state index in [9.17, 15) is 9.18 Å². The molecule has 1 aromatic rings. The summed E-state index contributed by atoms with van der Waals surface area (Å²) in [5.74, 6) is -0.663. The Morgan fingerprint density at radius 3 is 2.75 bits per heavy atom. The van der Waals surface area contributed by atoms with Gasteiger partial charge in [0.2, 0.25) is 0 Å². The van der Waals surface area contributed by atoms with Crippen molar-refractivity contribution >= 4 is 21.9 Å². The zero-order valence-electron chi connectivity index (χ0n) is 9.05. The van der Waals surface area contributed by atoms with Crippen molar-refractivity contribution in [3.8, 4) is 5.75 Å². The number of benzene rings is 1. The minimum absolute atomic E-state index is 0.115. The van der Waals surface area contributed by atoms with Gasteiger partial charge >= 0.3 is 5.97 Å².